The molecule has 0 saturated carbocycles. The fraction of sp³-hybridized carbons (Fsp3) is 0.824. The lowest BCUT2D eigenvalue weighted by atomic mass is 9.87. The van der Waals surface area contributed by atoms with Gasteiger partial charge in [0.05, 0.1) is 12.2 Å². The fourth-order valence-corrected chi connectivity index (χ4v) is 3.72. The molecule has 0 fully saturated rings. The molecule has 0 aromatic heterocycles. The van der Waals surface area contributed by atoms with Gasteiger partial charge in [0.2, 0.25) is 0 Å². The molecule has 122 valence electrons. The van der Waals surface area contributed by atoms with Gasteiger partial charge in [-0.15, -0.1) is 0 Å². The van der Waals surface area contributed by atoms with Crippen LogP contribution in [0.1, 0.15) is 52.4 Å². The predicted molar refractivity (Wildman–Crippen MR) is 92.5 cm³/mol. The molecule has 0 amide bonds. The number of nitrogens with one attached hydrogen (secondary N) is 1. The van der Waals surface area contributed by atoms with E-state index in [-0.39, 0.29) is 6.10 Å². The van der Waals surface area contributed by atoms with Gasteiger partial charge in [0.1, 0.15) is 0 Å². The van der Waals surface area contributed by atoms with E-state index in [2.05, 4.69) is 26.0 Å². The molecule has 0 radical (unpaired) electrons. The molecule has 0 spiro atoms. The SMILES string of the molecule is CCCSC(C)CC(=N)C(O)CC(OC)C1C=CCCC1. The lowest BCUT2D eigenvalue weighted by Gasteiger charge is -2.28. The third kappa shape index (κ3) is 6.98. The zero-order valence-corrected chi connectivity index (χ0v) is 14.5. The molecule has 1 rings (SSSR count). The van der Waals surface area contributed by atoms with E-state index in [1.165, 1.54) is 6.42 Å². The largest absolute Gasteiger partial charge is 0.387 e. The summed E-state index contributed by atoms with van der Waals surface area (Å²) in [5.74, 6) is 1.51. The van der Waals surface area contributed by atoms with E-state index in [9.17, 15) is 5.11 Å². The number of ether oxygens (including phenoxy) is 1. The van der Waals surface area contributed by atoms with Crippen LogP contribution in [-0.2, 0) is 4.74 Å². The Bertz CT molecular complexity index is 333. The van der Waals surface area contributed by atoms with Crippen LogP contribution in [0.3, 0.4) is 0 Å². The van der Waals surface area contributed by atoms with Crippen molar-refractivity contribution < 1.29 is 9.84 Å². The van der Waals surface area contributed by atoms with Crippen molar-refractivity contribution in [2.24, 2.45) is 5.92 Å². The Morgan fingerprint density at radius 3 is 2.86 bits per heavy atom. The first-order valence-electron chi connectivity index (χ1n) is 8.14. The maximum atomic E-state index is 10.3. The number of methoxy groups -OCH3 is 1. The number of hydrogen-bond acceptors (Lipinski definition) is 4. The smallest absolute Gasteiger partial charge is 0.0939 e. The van der Waals surface area contributed by atoms with Crippen molar-refractivity contribution in [1.82, 2.24) is 0 Å². The first-order valence-corrected chi connectivity index (χ1v) is 9.19. The first-order chi connectivity index (χ1) is 10.1. The zero-order chi connectivity index (χ0) is 15.7. The van der Waals surface area contributed by atoms with E-state index in [1.54, 1.807) is 7.11 Å². The molecule has 0 bridgehead atoms. The van der Waals surface area contributed by atoms with Gasteiger partial charge < -0.3 is 15.3 Å². The zero-order valence-electron chi connectivity index (χ0n) is 13.7. The summed E-state index contributed by atoms with van der Waals surface area (Å²) in [4.78, 5) is 0. The van der Waals surface area contributed by atoms with Crippen molar-refractivity contribution in [3.05, 3.63) is 12.2 Å². The predicted octanol–water partition coefficient (Wildman–Crippen LogP) is 4.05. The molecular weight excluding hydrogens is 282 g/mol. The standard InChI is InChI=1S/C17H31NO2S/c1-4-10-21-13(2)11-15(18)16(19)12-17(20-3)14-8-6-5-7-9-14/h6,8,13-14,16-19H,4-5,7,9-12H2,1-3H3. The number of thioether (sulfide) groups is 1. The van der Waals surface area contributed by atoms with Gasteiger partial charge in [-0.3, -0.25) is 0 Å². The molecule has 0 heterocycles. The van der Waals surface area contributed by atoms with Crippen molar-refractivity contribution in [2.45, 2.75) is 69.8 Å². The molecule has 4 atom stereocenters. The van der Waals surface area contributed by atoms with Crippen molar-refractivity contribution in [3.63, 3.8) is 0 Å². The molecule has 0 saturated heterocycles. The summed E-state index contributed by atoms with van der Waals surface area (Å²) in [6, 6.07) is 0. The summed E-state index contributed by atoms with van der Waals surface area (Å²) in [5.41, 5.74) is 0.452. The molecule has 1 aliphatic rings. The second-order valence-corrected chi connectivity index (χ2v) is 7.51. The molecular formula is C17H31NO2S. The topological polar surface area (TPSA) is 53.3 Å². The van der Waals surface area contributed by atoms with Gasteiger partial charge in [-0.1, -0.05) is 26.0 Å². The van der Waals surface area contributed by atoms with Gasteiger partial charge in [-0.25, -0.2) is 0 Å². The number of aliphatic hydroxyl groups is 1. The molecule has 0 aromatic rings. The van der Waals surface area contributed by atoms with Crippen molar-refractivity contribution in [1.29, 1.82) is 5.41 Å². The molecule has 0 aromatic carbocycles. The van der Waals surface area contributed by atoms with Gasteiger partial charge in [-0.2, -0.15) is 11.8 Å². The van der Waals surface area contributed by atoms with Crippen LogP contribution in [0, 0.1) is 11.3 Å². The Morgan fingerprint density at radius 1 is 1.52 bits per heavy atom. The minimum Gasteiger partial charge on any atom is -0.387 e. The van der Waals surface area contributed by atoms with E-state index >= 15 is 0 Å². The maximum absolute atomic E-state index is 10.3. The third-order valence-electron chi connectivity index (χ3n) is 4.04. The highest BCUT2D eigenvalue weighted by Gasteiger charge is 2.25. The van der Waals surface area contributed by atoms with Crippen LogP contribution in [0.5, 0.6) is 0 Å². The van der Waals surface area contributed by atoms with Crippen LogP contribution in [-0.4, -0.2) is 41.1 Å². The molecule has 0 aliphatic heterocycles. The Labute approximate surface area is 134 Å². The van der Waals surface area contributed by atoms with E-state index < -0.39 is 6.10 Å². The fourth-order valence-electron chi connectivity index (χ4n) is 2.78. The lowest BCUT2D eigenvalue weighted by molar-refractivity contribution is 0.0321. The number of allylic oxidation sites excluding steroid dienone is 1. The maximum Gasteiger partial charge on any atom is 0.0939 e. The average Bonchev–Trinajstić information content (AvgIpc) is 2.51. The molecule has 2 N–H and O–H groups in total. The Balaban J connectivity index is 2.41. The molecule has 3 nitrogen and oxygen atoms in total. The van der Waals surface area contributed by atoms with Gasteiger partial charge in [0.15, 0.2) is 0 Å². The summed E-state index contributed by atoms with van der Waals surface area (Å²) < 4.78 is 5.57. The van der Waals surface area contributed by atoms with E-state index in [0.717, 1.165) is 25.0 Å². The quantitative estimate of drug-likeness (QED) is 0.472. The molecule has 21 heavy (non-hydrogen) atoms. The monoisotopic (exact) mass is 313 g/mol. The van der Waals surface area contributed by atoms with Crippen LogP contribution in [0.25, 0.3) is 0 Å². The van der Waals surface area contributed by atoms with Crippen LogP contribution < -0.4 is 0 Å². The minimum absolute atomic E-state index is 0.0236. The highest BCUT2D eigenvalue weighted by molar-refractivity contribution is 7.99. The van der Waals surface area contributed by atoms with Crippen molar-refractivity contribution >= 4 is 17.5 Å². The van der Waals surface area contributed by atoms with Crippen LogP contribution >= 0.6 is 11.8 Å². The van der Waals surface area contributed by atoms with Gasteiger partial charge >= 0.3 is 0 Å². The lowest BCUT2D eigenvalue weighted by Crippen LogP contribution is -2.32. The van der Waals surface area contributed by atoms with Crippen LogP contribution in [0.2, 0.25) is 0 Å². The normalized spacial score (nSPS) is 22.8. The Kier molecular flexibility index (Phi) is 9.29. The second kappa shape index (κ2) is 10.4. The molecule has 4 unspecified atom stereocenters. The Morgan fingerprint density at radius 2 is 2.29 bits per heavy atom. The highest BCUT2D eigenvalue weighted by Crippen LogP contribution is 2.26. The van der Waals surface area contributed by atoms with E-state index in [0.29, 0.717) is 29.7 Å². The summed E-state index contributed by atoms with van der Waals surface area (Å²) in [7, 11) is 1.71. The number of rotatable bonds is 10. The average molecular weight is 314 g/mol. The highest BCUT2D eigenvalue weighted by atomic mass is 32.2. The third-order valence-corrected chi connectivity index (χ3v) is 5.42. The van der Waals surface area contributed by atoms with Crippen LogP contribution in [0.4, 0.5) is 0 Å². The van der Waals surface area contributed by atoms with E-state index in [4.69, 9.17) is 10.1 Å². The first kappa shape index (κ1) is 18.7. The number of aliphatic hydroxyl groups excluding tert-OH is 1. The van der Waals surface area contributed by atoms with Gasteiger partial charge in [-0.05, 0) is 37.9 Å². The summed E-state index contributed by atoms with van der Waals surface area (Å²) in [5, 5.41) is 18.8. The minimum atomic E-state index is -0.671. The van der Waals surface area contributed by atoms with E-state index in [1.807, 2.05) is 11.8 Å². The van der Waals surface area contributed by atoms with Gasteiger partial charge in [0.25, 0.3) is 0 Å². The molecule has 1 aliphatic carbocycles. The van der Waals surface area contributed by atoms with Crippen molar-refractivity contribution in [2.75, 3.05) is 12.9 Å². The Hall–Kier alpha value is -0.320. The summed E-state index contributed by atoms with van der Waals surface area (Å²) in [6.07, 6.45) is 9.61. The number of hydrogen-bond donors (Lipinski definition) is 2. The molecule has 4 heteroatoms. The summed E-state index contributed by atoms with van der Waals surface area (Å²) in [6.45, 7) is 4.31. The van der Waals surface area contributed by atoms with Crippen LogP contribution in [0.15, 0.2) is 12.2 Å². The second-order valence-electron chi connectivity index (χ2n) is 5.96. The van der Waals surface area contributed by atoms with Gasteiger partial charge in [0, 0.05) is 30.4 Å². The summed E-state index contributed by atoms with van der Waals surface area (Å²) >= 11 is 1.88. The van der Waals surface area contributed by atoms with Crippen molar-refractivity contribution in [3.8, 4) is 0 Å².